The van der Waals surface area contributed by atoms with Crippen molar-refractivity contribution in [2.45, 2.75) is 26.4 Å². The van der Waals surface area contributed by atoms with E-state index in [1.54, 1.807) is 0 Å². The van der Waals surface area contributed by atoms with Gasteiger partial charge in [0.1, 0.15) is 6.07 Å². The van der Waals surface area contributed by atoms with Gasteiger partial charge in [-0.2, -0.15) is 5.26 Å². The lowest BCUT2D eigenvalue weighted by Crippen LogP contribution is -2.38. The highest BCUT2D eigenvalue weighted by molar-refractivity contribution is 5.78. The van der Waals surface area contributed by atoms with Gasteiger partial charge >= 0.3 is 0 Å². The number of fused-ring (bicyclic) bond motifs is 1. The van der Waals surface area contributed by atoms with Crippen molar-refractivity contribution in [3.8, 4) is 6.07 Å². The van der Waals surface area contributed by atoms with Gasteiger partial charge in [0, 0.05) is 30.5 Å². The van der Waals surface area contributed by atoms with Crippen LogP contribution in [0.25, 0.3) is 5.52 Å². The molecule has 0 radical (unpaired) electrons. The van der Waals surface area contributed by atoms with Crippen LogP contribution < -0.4 is 5.32 Å². The summed E-state index contributed by atoms with van der Waals surface area (Å²) in [5.41, 5.74) is 2.50. The van der Waals surface area contributed by atoms with Gasteiger partial charge in [-0.1, -0.05) is 6.07 Å². The molecule has 0 aliphatic rings. The average Bonchev–Trinajstić information content (AvgIpc) is 2.74. The zero-order chi connectivity index (χ0) is 15.4. The highest BCUT2D eigenvalue weighted by atomic mass is 16.2. The van der Waals surface area contributed by atoms with Crippen LogP contribution in [0, 0.1) is 11.3 Å². The number of nitrogens with zero attached hydrogens (tertiary/aromatic N) is 3. The molecule has 2 aromatic rings. The third-order valence-electron chi connectivity index (χ3n) is 3.18. The first-order valence-corrected chi connectivity index (χ1v) is 6.98. The number of nitrogens with one attached hydrogen (secondary N) is 1. The third-order valence-corrected chi connectivity index (χ3v) is 3.18. The molecular weight excluding hydrogens is 264 g/mol. The molecule has 1 N–H and O–H groups in total. The van der Waals surface area contributed by atoms with Gasteiger partial charge in [0.15, 0.2) is 0 Å². The van der Waals surface area contributed by atoms with Gasteiger partial charge in [-0.25, -0.2) is 0 Å². The number of pyridine rings is 1. The Morgan fingerprint density at radius 3 is 2.90 bits per heavy atom. The smallest absolute Gasteiger partial charge is 0.234 e. The molecule has 0 unspecified atom stereocenters. The third kappa shape index (κ3) is 3.61. The van der Waals surface area contributed by atoms with Crippen molar-refractivity contribution in [3.05, 3.63) is 41.7 Å². The van der Waals surface area contributed by atoms with Crippen LogP contribution in [0.4, 0.5) is 0 Å². The first-order chi connectivity index (χ1) is 10.0. The van der Waals surface area contributed by atoms with Gasteiger partial charge in [-0.15, -0.1) is 0 Å². The van der Waals surface area contributed by atoms with E-state index in [-0.39, 0.29) is 11.9 Å². The van der Waals surface area contributed by atoms with Crippen LogP contribution in [0.15, 0.2) is 30.6 Å². The second-order valence-electron chi connectivity index (χ2n) is 5.53. The molecule has 2 aromatic heterocycles. The minimum atomic E-state index is -0.00484. The fourth-order valence-corrected chi connectivity index (χ4v) is 2.39. The average molecular weight is 284 g/mol. The van der Waals surface area contributed by atoms with Crippen molar-refractivity contribution in [3.63, 3.8) is 0 Å². The van der Waals surface area contributed by atoms with Crippen LogP contribution in [-0.2, 0) is 11.3 Å². The Morgan fingerprint density at radius 1 is 1.48 bits per heavy atom. The molecule has 5 heteroatoms. The number of likely N-dealkylation sites (N-methyl/N-ethyl adjacent to an activating group) is 1. The summed E-state index contributed by atoms with van der Waals surface area (Å²) >= 11 is 0. The second-order valence-corrected chi connectivity index (χ2v) is 5.53. The molecule has 0 fully saturated rings. The van der Waals surface area contributed by atoms with E-state index < -0.39 is 0 Å². The Morgan fingerprint density at radius 2 is 2.24 bits per heavy atom. The molecule has 0 atom stereocenters. The Kier molecular flexibility index (Phi) is 4.61. The normalized spacial score (nSPS) is 11.0. The second kappa shape index (κ2) is 6.42. The van der Waals surface area contributed by atoms with E-state index in [4.69, 9.17) is 0 Å². The van der Waals surface area contributed by atoms with E-state index in [2.05, 4.69) is 11.4 Å². The number of carbonyl (C=O) groups is 1. The predicted octanol–water partition coefficient (Wildman–Crippen LogP) is 1.77. The Bertz CT molecular complexity index is 681. The number of hydrogen-bond donors (Lipinski definition) is 1. The number of amides is 1. The Labute approximate surface area is 124 Å². The van der Waals surface area contributed by atoms with Gasteiger partial charge in [-0.3, -0.25) is 9.69 Å². The molecule has 21 heavy (non-hydrogen) atoms. The largest absolute Gasteiger partial charge is 0.353 e. The van der Waals surface area contributed by atoms with Crippen LogP contribution in [0.3, 0.4) is 0 Å². The SMILES string of the molecule is CC(C)NC(=O)CN(C)Cc1cn2ccccc2c1C#N. The summed E-state index contributed by atoms with van der Waals surface area (Å²) in [6, 6.07) is 8.17. The van der Waals surface area contributed by atoms with Crippen molar-refractivity contribution in [1.29, 1.82) is 5.26 Å². The Balaban J connectivity index is 2.13. The summed E-state index contributed by atoms with van der Waals surface area (Å²) in [5.74, 6) is -0.00484. The summed E-state index contributed by atoms with van der Waals surface area (Å²) in [7, 11) is 1.88. The number of rotatable bonds is 5. The standard InChI is InChI=1S/C16H20N4O/c1-12(2)18-16(21)11-19(3)9-13-10-20-7-5-4-6-15(20)14(13)8-17/h4-7,10,12H,9,11H2,1-3H3,(H,18,21). The lowest BCUT2D eigenvalue weighted by atomic mass is 10.1. The Hall–Kier alpha value is -2.32. The van der Waals surface area contributed by atoms with Gasteiger partial charge in [-0.05, 0) is 33.0 Å². The molecule has 0 aromatic carbocycles. The summed E-state index contributed by atoms with van der Waals surface area (Å²) in [5, 5.41) is 12.2. The van der Waals surface area contributed by atoms with Crippen LogP contribution in [0.5, 0.6) is 0 Å². The number of hydrogen-bond acceptors (Lipinski definition) is 3. The van der Waals surface area contributed by atoms with Gasteiger partial charge in [0.05, 0.1) is 17.6 Å². The lowest BCUT2D eigenvalue weighted by Gasteiger charge is -2.17. The molecule has 5 nitrogen and oxygen atoms in total. The van der Waals surface area contributed by atoms with Crippen molar-refractivity contribution in [2.75, 3.05) is 13.6 Å². The fourth-order valence-electron chi connectivity index (χ4n) is 2.39. The number of aromatic nitrogens is 1. The van der Waals surface area contributed by atoms with Crippen LogP contribution in [0.2, 0.25) is 0 Å². The van der Waals surface area contributed by atoms with Crippen molar-refractivity contribution < 1.29 is 4.79 Å². The molecule has 0 saturated heterocycles. The van der Waals surface area contributed by atoms with Crippen molar-refractivity contribution in [2.24, 2.45) is 0 Å². The quantitative estimate of drug-likeness (QED) is 0.910. The first kappa shape index (κ1) is 15.1. The van der Waals surface area contributed by atoms with E-state index in [1.807, 2.05) is 60.8 Å². The molecule has 0 bridgehead atoms. The minimum absolute atomic E-state index is 0.00484. The summed E-state index contributed by atoms with van der Waals surface area (Å²) in [6.45, 7) is 4.75. The highest BCUT2D eigenvalue weighted by Gasteiger charge is 2.14. The predicted molar refractivity (Wildman–Crippen MR) is 81.7 cm³/mol. The topological polar surface area (TPSA) is 60.5 Å². The summed E-state index contributed by atoms with van der Waals surface area (Å²) < 4.78 is 1.94. The molecule has 2 rings (SSSR count). The summed E-state index contributed by atoms with van der Waals surface area (Å²) in [6.07, 6.45) is 3.87. The fraction of sp³-hybridized carbons (Fsp3) is 0.375. The molecular formula is C16H20N4O. The van der Waals surface area contributed by atoms with E-state index in [1.165, 1.54) is 0 Å². The first-order valence-electron chi connectivity index (χ1n) is 6.98. The molecule has 1 amide bonds. The van der Waals surface area contributed by atoms with Gasteiger partial charge in [0.2, 0.25) is 5.91 Å². The monoisotopic (exact) mass is 284 g/mol. The zero-order valence-electron chi connectivity index (χ0n) is 12.6. The molecule has 2 heterocycles. The maximum atomic E-state index is 11.8. The lowest BCUT2D eigenvalue weighted by molar-refractivity contribution is -0.122. The van der Waals surface area contributed by atoms with E-state index >= 15 is 0 Å². The molecule has 0 saturated carbocycles. The molecule has 0 aliphatic heterocycles. The van der Waals surface area contributed by atoms with E-state index in [9.17, 15) is 10.1 Å². The van der Waals surface area contributed by atoms with E-state index in [0.29, 0.717) is 18.7 Å². The van der Waals surface area contributed by atoms with Crippen LogP contribution in [-0.4, -0.2) is 34.8 Å². The number of nitriles is 1. The van der Waals surface area contributed by atoms with Crippen molar-refractivity contribution in [1.82, 2.24) is 14.6 Å². The van der Waals surface area contributed by atoms with Crippen LogP contribution >= 0.6 is 0 Å². The minimum Gasteiger partial charge on any atom is -0.353 e. The number of carbonyl (C=O) groups excluding carboxylic acids is 1. The summed E-state index contributed by atoms with van der Waals surface area (Å²) in [4.78, 5) is 13.7. The maximum Gasteiger partial charge on any atom is 0.234 e. The highest BCUT2D eigenvalue weighted by Crippen LogP contribution is 2.18. The molecule has 0 spiro atoms. The zero-order valence-corrected chi connectivity index (χ0v) is 12.6. The van der Waals surface area contributed by atoms with Crippen LogP contribution in [0.1, 0.15) is 25.0 Å². The van der Waals surface area contributed by atoms with Gasteiger partial charge in [0.25, 0.3) is 0 Å². The molecule has 0 aliphatic carbocycles. The maximum absolute atomic E-state index is 11.8. The van der Waals surface area contributed by atoms with Gasteiger partial charge < -0.3 is 9.72 Å². The van der Waals surface area contributed by atoms with Crippen molar-refractivity contribution >= 4 is 11.4 Å². The van der Waals surface area contributed by atoms with E-state index in [0.717, 1.165) is 11.1 Å². The molecule has 110 valence electrons.